The molecule has 0 amide bonds. The van der Waals surface area contributed by atoms with Crippen molar-refractivity contribution in [2.75, 3.05) is 25.0 Å². The van der Waals surface area contributed by atoms with E-state index in [0.29, 0.717) is 4.88 Å². The number of hydrogen-bond donors (Lipinski definition) is 1. The van der Waals surface area contributed by atoms with Crippen LogP contribution in [-0.4, -0.2) is 43.9 Å². The summed E-state index contributed by atoms with van der Waals surface area (Å²) >= 11 is 1.02. The van der Waals surface area contributed by atoms with E-state index in [9.17, 15) is 13.2 Å². The number of aliphatic carboxylic acids is 1. The highest BCUT2D eigenvalue weighted by Crippen LogP contribution is 2.29. The number of sulfonamides is 1. The lowest BCUT2D eigenvalue weighted by Gasteiger charge is -2.24. The number of carboxylic acids is 1. The second-order valence-corrected chi connectivity index (χ2v) is 9.82. The molecule has 0 atom stereocenters. The third kappa shape index (κ3) is 4.08. The average molecular weight is 395 g/mol. The minimum absolute atomic E-state index is 0.165. The Morgan fingerprint density at radius 2 is 1.88 bits per heavy atom. The number of anilines is 1. The fraction of sp³-hybridized carbons (Fsp3) is 0.389. The summed E-state index contributed by atoms with van der Waals surface area (Å²) in [5, 5.41) is 8.86. The van der Waals surface area contributed by atoms with Crippen molar-refractivity contribution in [3.8, 4) is 0 Å². The van der Waals surface area contributed by atoms with Gasteiger partial charge in [0.05, 0.1) is 6.42 Å². The van der Waals surface area contributed by atoms with E-state index in [0.717, 1.165) is 48.5 Å². The molecule has 0 saturated carbocycles. The predicted molar refractivity (Wildman–Crippen MR) is 102 cm³/mol. The Hall–Kier alpha value is -1.90. The summed E-state index contributed by atoms with van der Waals surface area (Å²) in [6.07, 6.45) is 2.15. The van der Waals surface area contributed by atoms with E-state index in [1.54, 1.807) is 13.1 Å². The number of nitrogens with zero attached hydrogens (tertiary/aromatic N) is 2. The fourth-order valence-corrected chi connectivity index (χ4v) is 5.84. The second-order valence-electron chi connectivity index (χ2n) is 6.38. The molecule has 3 rings (SSSR count). The van der Waals surface area contributed by atoms with Gasteiger partial charge in [-0.05, 0) is 36.6 Å². The second kappa shape index (κ2) is 7.77. The van der Waals surface area contributed by atoms with Crippen LogP contribution in [0, 0.1) is 0 Å². The van der Waals surface area contributed by atoms with Crippen LogP contribution >= 0.6 is 11.3 Å². The predicted octanol–water partition coefficient (Wildman–Crippen LogP) is 2.80. The van der Waals surface area contributed by atoms with Crippen LogP contribution in [0.5, 0.6) is 0 Å². The van der Waals surface area contributed by atoms with Crippen LogP contribution in [0.3, 0.4) is 0 Å². The van der Waals surface area contributed by atoms with Crippen LogP contribution < -0.4 is 4.90 Å². The van der Waals surface area contributed by atoms with Crippen LogP contribution in [0.25, 0.3) is 0 Å². The minimum atomic E-state index is -3.65. The van der Waals surface area contributed by atoms with Crippen molar-refractivity contribution in [1.82, 2.24) is 4.31 Å². The zero-order chi connectivity index (χ0) is 18.7. The molecule has 1 aromatic heterocycles. The molecule has 0 spiro atoms. The third-order valence-corrected chi connectivity index (χ3v) is 7.81. The molecule has 140 valence electrons. The number of para-hydroxylation sites is 1. The first-order valence-corrected chi connectivity index (χ1v) is 10.7. The lowest BCUT2D eigenvalue weighted by Crippen LogP contribution is -2.27. The standard InChI is InChI=1S/C18H22N2O4S2/c1-19(26(23,24)18-9-8-15(25-18)12-17(21)22)13-14-6-2-3-7-16(14)20-10-4-5-11-20/h2-3,6-9H,4-5,10-13H2,1H3,(H,21,22). The number of carboxylic acid groups (broad SMARTS) is 1. The van der Waals surface area contributed by atoms with Gasteiger partial charge in [-0.25, -0.2) is 8.42 Å². The van der Waals surface area contributed by atoms with E-state index in [4.69, 9.17) is 5.11 Å². The van der Waals surface area contributed by atoms with Crippen molar-refractivity contribution in [3.63, 3.8) is 0 Å². The molecule has 1 N–H and O–H groups in total. The van der Waals surface area contributed by atoms with E-state index < -0.39 is 16.0 Å². The molecule has 2 heterocycles. The molecule has 2 aromatic rings. The summed E-state index contributed by atoms with van der Waals surface area (Å²) in [6, 6.07) is 11.0. The molecule has 1 aliphatic rings. The first-order chi connectivity index (χ1) is 12.4. The van der Waals surface area contributed by atoms with E-state index in [-0.39, 0.29) is 17.2 Å². The molecular formula is C18H22N2O4S2. The fourth-order valence-electron chi connectivity index (χ4n) is 3.13. The van der Waals surface area contributed by atoms with Gasteiger partial charge in [-0.1, -0.05) is 18.2 Å². The normalized spacial score (nSPS) is 14.9. The van der Waals surface area contributed by atoms with Gasteiger partial charge in [0.15, 0.2) is 0 Å². The molecule has 1 saturated heterocycles. The van der Waals surface area contributed by atoms with Gasteiger partial charge in [-0.3, -0.25) is 4.79 Å². The minimum Gasteiger partial charge on any atom is -0.481 e. The summed E-state index contributed by atoms with van der Waals surface area (Å²) in [5.74, 6) is -0.969. The monoisotopic (exact) mass is 394 g/mol. The Morgan fingerprint density at radius 1 is 1.19 bits per heavy atom. The Bertz CT molecular complexity index is 886. The molecule has 26 heavy (non-hydrogen) atoms. The lowest BCUT2D eigenvalue weighted by molar-refractivity contribution is -0.136. The lowest BCUT2D eigenvalue weighted by atomic mass is 10.1. The summed E-state index contributed by atoms with van der Waals surface area (Å²) < 4.78 is 27.2. The van der Waals surface area contributed by atoms with Crippen LogP contribution in [0.4, 0.5) is 5.69 Å². The smallest absolute Gasteiger partial charge is 0.308 e. The first-order valence-electron chi connectivity index (χ1n) is 8.47. The Morgan fingerprint density at radius 3 is 2.58 bits per heavy atom. The highest BCUT2D eigenvalue weighted by molar-refractivity contribution is 7.91. The SMILES string of the molecule is CN(Cc1ccccc1N1CCCC1)S(=O)(=O)c1ccc(CC(=O)O)s1. The molecular weight excluding hydrogens is 372 g/mol. The Labute approximate surface area is 157 Å². The van der Waals surface area contributed by atoms with Gasteiger partial charge in [-0.15, -0.1) is 11.3 Å². The topological polar surface area (TPSA) is 77.9 Å². The first kappa shape index (κ1) is 18.9. The molecule has 8 heteroatoms. The molecule has 1 fully saturated rings. The van der Waals surface area contributed by atoms with Gasteiger partial charge in [-0.2, -0.15) is 4.31 Å². The van der Waals surface area contributed by atoms with Crippen molar-refractivity contribution in [2.45, 2.75) is 30.0 Å². The number of thiophene rings is 1. The molecule has 1 aliphatic heterocycles. The molecule has 0 radical (unpaired) electrons. The summed E-state index contributed by atoms with van der Waals surface area (Å²) in [5.41, 5.74) is 2.06. The zero-order valence-corrected chi connectivity index (χ0v) is 16.2. The Balaban J connectivity index is 1.80. The van der Waals surface area contributed by atoms with E-state index in [1.807, 2.05) is 24.3 Å². The van der Waals surface area contributed by atoms with Crippen molar-refractivity contribution in [2.24, 2.45) is 0 Å². The zero-order valence-electron chi connectivity index (χ0n) is 14.6. The van der Waals surface area contributed by atoms with Crippen molar-refractivity contribution in [1.29, 1.82) is 0 Å². The maximum atomic E-state index is 12.8. The summed E-state index contributed by atoms with van der Waals surface area (Å²) in [6.45, 7) is 2.27. The third-order valence-electron chi connectivity index (χ3n) is 4.46. The molecule has 6 nitrogen and oxygen atoms in total. The summed E-state index contributed by atoms with van der Waals surface area (Å²) in [7, 11) is -2.09. The highest BCUT2D eigenvalue weighted by atomic mass is 32.2. The van der Waals surface area contributed by atoms with Crippen molar-refractivity contribution < 1.29 is 18.3 Å². The quantitative estimate of drug-likeness (QED) is 0.781. The molecule has 0 unspecified atom stereocenters. The maximum absolute atomic E-state index is 12.8. The number of hydrogen-bond acceptors (Lipinski definition) is 5. The molecule has 0 aliphatic carbocycles. The van der Waals surface area contributed by atoms with Gasteiger partial charge in [0.1, 0.15) is 4.21 Å². The van der Waals surface area contributed by atoms with Crippen LogP contribution in [-0.2, 0) is 27.8 Å². The highest BCUT2D eigenvalue weighted by Gasteiger charge is 2.25. The van der Waals surface area contributed by atoms with Gasteiger partial charge in [0.2, 0.25) is 0 Å². The van der Waals surface area contributed by atoms with Crippen LogP contribution in [0.2, 0.25) is 0 Å². The number of carbonyl (C=O) groups is 1. The van der Waals surface area contributed by atoms with Crippen molar-refractivity contribution in [3.05, 3.63) is 46.8 Å². The van der Waals surface area contributed by atoms with E-state index in [1.165, 1.54) is 10.4 Å². The van der Waals surface area contributed by atoms with Gasteiger partial charge >= 0.3 is 5.97 Å². The summed E-state index contributed by atoms with van der Waals surface area (Å²) in [4.78, 5) is 13.6. The van der Waals surface area contributed by atoms with Crippen LogP contribution in [0.15, 0.2) is 40.6 Å². The maximum Gasteiger partial charge on any atom is 0.308 e. The van der Waals surface area contributed by atoms with Gasteiger partial charge < -0.3 is 10.0 Å². The van der Waals surface area contributed by atoms with Crippen molar-refractivity contribution >= 4 is 33.0 Å². The van der Waals surface area contributed by atoms with E-state index in [2.05, 4.69) is 4.90 Å². The van der Waals surface area contributed by atoms with Gasteiger partial charge in [0, 0.05) is 37.2 Å². The average Bonchev–Trinajstić information content (AvgIpc) is 3.26. The van der Waals surface area contributed by atoms with E-state index >= 15 is 0 Å². The van der Waals surface area contributed by atoms with Gasteiger partial charge in [0.25, 0.3) is 10.0 Å². The van der Waals surface area contributed by atoms with Crippen LogP contribution in [0.1, 0.15) is 23.3 Å². The molecule has 1 aromatic carbocycles. The number of benzene rings is 1. The largest absolute Gasteiger partial charge is 0.481 e. The number of rotatable bonds is 7. The molecule has 0 bridgehead atoms. The Kier molecular flexibility index (Phi) is 5.64.